The first-order valence-corrected chi connectivity index (χ1v) is 8.17. The summed E-state index contributed by atoms with van der Waals surface area (Å²) in [7, 11) is 3.13. The Labute approximate surface area is 143 Å². The van der Waals surface area contributed by atoms with Crippen LogP contribution in [0.1, 0.15) is 10.4 Å². The quantitative estimate of drug-likeness (QED) is 0.760. The van der Waals surface area contributed by atoms with Gasteiger partial charge in [-0.05, 0) is 23.6 Å². The van der Waals surface area contributed by atoms with Gasteiger partial charge in [0.25, 0.3) is 5.91 Å². The first-order chi connectivity index (χ1) is 11.7. The first kappa shape index (κ1) is 16.0. The molecule has 0 atom stereocenters. The molecule has 0 aliphatic rings. The van der Waals surface area contributed by atoms with Crippen LogP contribution in [-0.4, -0.2) is 25.1 Å². The third kappa shape index (κ3) is 3.55. The Hall–Kier alpha value is -2.86. The fraction of sp³-hybridized carbons (Fsp3) is 0.111. The SMILES string of the molecule is COc1cc(NC(=O)c2ccnc(-c3ccsc3)c2)cc(OC)c1. The molecule has 0 radical (unpaired) electrons. The zero-order valence-corrected chi connectivity index (χ0v) is 14.1. The van der Waals surface area contributed by atoms with Crippen molar-refractivity contribution in [3.8, 4) is 22.8 Å². The van der Waals surface area contributed by atoms with Gasteiger partial charge >= 0.3 is 0 Å². The summed E-state index contributed by atoms with van der Waals surface area (Å²) in [6, 6.07) is 10.7. The number of nitrogens with one attached hydrogen (secondary N) is 1. The van der Waals surface area contributed by atoms with Crippen molar-refractivity contribution in [1.29, 1.82) is 0 Å². The summed E-state index contributed by atoms with van der Waals surface area (Å²) >= 11 is 1.59. The van der Waals surface area contributed by atoms with Gasteiger partial charge in [0.15, 0.2) is 0 Å². The molecule has 0 spiro atoms. The van der Waals surface area contributed by atoms with Gasteiger partial charge in [-0.15, -0.1) is 0 Å². The maximum Gasteiger partial charge on any atom is 0.255 e. The zero-order valence-electron chi connectivity index (χ0n) is 13.3. The van der Waals surface area contributed by atoms with Gasteiger partial charge in [0, 0.05) is 46.6 Å². The first-order valence-electron chi connectivity index (χ1n) is 7.22. The van der Waals surface area contributed by atoms with E-state index >= 15 is 0 Å². The molecule has 6 heteroatoms. The molecule has 0 bridgehead atoms. The van der Waals surface area contributed by atoms with E-state index < -0.39 is 0 Å². The average Bonchev–Trinajstić information content (AvgIpc) is 3.16. The fourth-order valence-corrected chi connectivity index (χ4v) is 2.87. The summed E-state index contributed by atoms with van der Waals surface area (Å²) in [5.74, 6) is 1.00. The van der Waals surface area contributed by atoms with Gasteiger partial charge in [-0.2, -0.15) is 11.3 Å². The molecule has 122 valence electrons. The van der Waals surface area contributed by atoms with Crippen molar-refractivity contribution < 1.29 is 14.3 Å². The van der Waals surface area contributed by atoms with Gasteiger partial charge in [0.05, 0.1) is 19.9 Å². The van der Waals surface area contributed by atoms with E-state index in [0.717, 1.165) is 11.3 Å². The number of rotatable bonds is 5. The van der Waals surface area contributed by atoms with Gasteiger partial charge in [0.2, 0.25) is 0 Å². The van der Waals surface area contributed by atoms with Crippen molar-refractivity contribution in [1.82, 2.24) is 4.98 Å². The lowest BCUT2D eigenvalue weighted by Gasteiger charge is -2.10. The maximum absolute atomic E-state index is 12.5. The van der Waals surface area contributed by atoms with E-state index in [1.54, 1.807) is 62.1 Å². The minimum Gasteiger partial charge on any atom is -0.497 e. The molecule has 1 aromatic carbocycles. The lowest BCUT2D eigenvalue weighted by molar-refractivity contribution is 0.102. The number of thiophene rings is 1. The topological polar surface area (TPSA) is 60.5 Å². The molecule has 0 saturated heterocycles. The molecule has 5 nitrogen and oxygen atoms in total. The molecule has 2 aromatic heterocycles. The van der Waals surface area contributed by atoms with Crippen molar-refractivity contribution in [3.05, 3.63) is 58.9 Å². The highest BCUT2D eigenvalue weighted by atomic mass is 32.1. The second-order valence-electron chi connectivity index (χ2n) is 5.00. The number of anilines is 1. The van der Waals surface area contributed by atoms with Crippen LogP contribution >= 0.6 is 11.3 Å². The monoisotopic (exact) mass is 340 g/mol. The highest BCUT2D eigenvalue weighted by molar-refractivity contribution is 7.08. The third-order valence-corrected chi connectivity index (χ3v) is 4.13. The number of hydrogen-bond acceptors (Lipinski definition) is 5. The third-order valence-electron chi connectivity index (χ3n) is 3.45. The molecule has 0 aliphatic heterocycles. The number of aromatic nitrogens is 1. The van der Waals surface area contributed by atoms with Crippen molar-refractivity contribution in [2.75, 3.05) is 19.5 Å². The van der Waals surface area contributed by atoms with E-state index in [9.17, 15) is 4.79 Å². The van der Waals surface area contributed by atoms with Crippen LogP contribution in [0.25, 0.3) is 11.3 Å². The Morgan fingerprint density at radius 3 is 2.46 bits per heavy atom. The summed E-state index contributed by atoms with van der Waals surface area (Å²) < 4.78 is 10.4. The Balaban J connectivity index is 1.84. The number of benzene rings is 1. The van der Waals surface area contributed by atoms with E-state index in [1.807, 2.05) is 16.8 Å². The highest BCUT2D eigenvalue weighted by Crippen LogP contribution is 2.26. The number of pyridine rings is 1. The van der Waals surface area contributed by atoms with Crippen molar-refractivity contribution in [2.45, 2.75) is 0 Å². The van der Waals surface area contributed by atoms with Crippen LogP contribution in [0.2, 0.25) is 0 Å². The number of carbonyl (C=O) groups is 1. The van der Waals surface area contributed by atoms with Gasteiger partial charge in [-0.25, -0.2) is 0 Å². The number of nitrogens with zero attached hydrogens (tertiary/aromatic N) is 1. The number of amides is 1. The lowest BCUT2D eigenvalue weighted by Crippen LogP contribution is -2.12. The molecule has 3 aromatic rings. The summed E-state index contributed by atoms with van der Waals surface area (Å²) in [5, 5.41) is 6.83. The molecule has 0 aliphatic carbocycles. The van der Waals surface area contributed by atoms with Gasteiger partial charge in [-0.3, -0.25) is 9.78 Å². The number of hydrogen-bond donors (Lipinski definition) is 1. The summed E-state index contributed by atoms with van der Waals surface area (Å²) in [4.78, 5) is 16.8. The van der Waals surface area contributed by atoms with E-state index in [-0.39, 0.29) is 5.91 Å². The van der Waals surface area contributed by atoms with Gasteiger partial charge < -0.3 is 14.8 Å². The van der Waals surface area contributed by atoms with Crippen LogP contribution in [0, 0.1) is 0 Å². The van der Waals surface area contributed by atoms with Crippen molar-refractivity contribution in [3.63, 3.8) is 0 Å². The summed E-state index contributed by atoms with van der Waals surface area (Å²) in [6.45, 7) is 0. The molecule has 0 fully saturated rings. The Morgan fingerprint density at radius 2 is 1.83 bits per heavy atom. The van der Waals surface area contributed by atoms with E-state index in [4.69, 9.17) is 9.47 Å². The largest absolute Gasteiger partial charge is 0.497 e. The number of methoxy groups -OCH3 is 2. The lowest BCUT2D eigenvalue weighted by atomic mass is 10.1. The molecular weight excluding hydrogens is 324 g/mol. The normalized spacial score (nSPS) is 10.2. The van der Waals surface area contributed by atoms with Crippen LogP contribution in [0.15, 0.2) is 53.4 Å². The van der Waals surface area contributed by atoms with Gasteiger partial charge in [-0.1, -0.05) is 0 Å². The molecule has 0 unspecified atom stereocenters. The smallest absolute Gasteiger partial charge is 0.255 e. The molecular formula is C18H16N2O3S. The summed E-state index contributed by atoms with van der Waals surface area (Å²) in [5.41, 5.74) is 2.91. The summed E-state index contributed by atoms with van der Waals surface area (Å²) in [6.07, 6.45) is 1.63. The zero-order chi connectivity index (χ0) is 16.9. The standard InChI is InChI=1S/C18H16N2O3S/c1-22-15-8-14(9-16(10-15)23-2)20-18(21)12-3-5-19-17(7-12)13-4-6-24-11-13/h3-11H,1-2H3,(H,20,21). The van der Waals surface area contributed by atoms with E-state index in [1.165, 1.54) is 0 Å². The fourth-order valence-electron chi connectivity index (χ4n) is 2.22. The second-order valence-corrected chi connectivity index (χ2v) is 5.78. The minimum atomic E-state index is -0.218. The van der Waals surface area contributed by atoms with Crippen LogP contribution < -0.4 is 14.8 Å². The van der Waals surface area contributed by atoms with E-state index in [0.29, 0.717) is 22.7 Å². The Bertz CT molecular complexity index is 825. The molecule has 1 amide bonds. The number of carbonyl (C=O) groups excluding carboxylic acids is 1. The molecule has 3 rings (SSSR count). The maximum atomic E-state index is 12.5. The minimum absolute atomic E-state index is 0.218. The van der Waals surface area contributed by atoms with Gasteiger partial charge in [0.1, 0.15) is 11.5 Å². The molecule has 1 N–H and O–H groups in total. The van der Waals surface area contributed by atoms with E-state index in [2.05, 4.69) is 10.3 Å². The molecule has 24 heavy (non-hydrogen) atoms. The van der Waals surface area contributed by atoms with Crippen LogP contribution in [0.3, 0.4) is 0 Å². The predicted octanol–water partition coefficient (Wildman–Crippen LogP) is 4.08. The Kier molecular flexibility index (Phi) is 4.77. The Morgan fingerprint density at radius 1 is 1.08 bits per heavy atom. The molecule has 0 saturated carbocycles. The molecule has 2 heterocycles. The van der Waals surface area contributed by atoms with Crippen LogP contribution in [0.4, 0.5) is 5.69 Å². The van der Waals surface area contributed by atoms with Crippen molar-refractivity contribution >= 4 is 22.9 Å². The van der Waals surface area contributed by atoms with Crippen LogP contribution in [-0.2, 0) is 0 Å². The predicted molar refractivity (Wildman–Crippen MR) is 95.0 cm³/mol. The number of ether oxygens (including phenoxy) is 2. The second kappa shape index (κ2) is 7.14. The van der Waals surface area contributed by atoms with Crippen LogP contribution in [0.5, 0.6) is 11.5 Å². The van der Waals surface area contributed by atoms with Crippen molar-refractivity contribution in [2.24, 2.45) is 0 Å². The highest BCUT2D eigenvalue weighted by Gasteiger charge is 2.10. The average molecular weight is 340 g/mol.